The standard InChI is InChI=1S/C10H10F3N/c11-8-3-1-2-7(9(8)12)10(13)4-6(14)5-10/h1-3,6H,4-5,14H2. The summed E-state index contributed by atoms with van der Waals surface area (Å²) in [7, 11) is 0. The van der Waals surface area contributed by atoms with Crippen molar-refractivity contribution < 1.29 is 13.2 Å². The van der Waals surface area contributed by atoms with E-state index >= 15 is 0 Å². The minimum Gasteiger partial charge on any atom is -0.327 e. The first-order valence-electron chi connectivity index (χ1n) is 4.42. The Morgan fingerprint density at radius 2 is 1.93 bits per heavy atom. The van der Waals surface area contributed by atoms with E-state index in [0.29, 0.717) is 0 Å². The van der Waals surface area contributed by atoms with E-state index in [2.05, 4.69) is 0 Å². The largest absolute Gasteiger partial charge is 0.327 e. The molecule has 76 valence electrons. The van der Waals surface area contributed by atoms with E-state index in [0.717, 1.165) is 6.07 Å². The van der Waals surface area contributed by atoms with Crippen molar-refractivity contribution in [2.24, 2.45) is 5.73 Å². The fraction of sp³-hybridized carbons (Fsp3) is 0.400. The Morgan fingerprint density at radius 1 is 1.29 bits per heavy atom. The van der Waals surface area contributed by atoms with Crippen LogP contribution in [0.2, 0.25) is 0 Å². The molecule has 0 spiro atoms. The van der Waals surface area contributed by atoms with Crippen molar-refractivity contribution in [2.45, 2.75) is 24.6 Å². The molecule has 4 heteroatoms. The summed E-state index contributed by atoms with van der Waals surface area (Å²) in [5, 5.41) is 0. The molecule has 0 aromatic heterocycles. The molecule has 0 heterocycles. The van der Waals surface area contributed by atoms with Gasteiger partial charge in [-0.2, -0.15) is 0 Å². The topological polar surface area (TPSA) is 26.0 Å². The Bertz CT molecular complexity index is 358. The van der Waals surface area contributed by atoms with Gasteiger partial charge in [-0.1, -0.05) is 12.1 Å². The molecule has 14 heavy (non-hydrogen) atoms. The van der Waals surface area contributed by atoms with Crippen LogP contribution < -0.4 is 5.73 Å². The molecular weight excluding hydrogens is 191 g/mol. The van der Waals surface area contributed by atoms with Crippen molar-refractivity contribution in [1.29, 1.82) is 0 Å². The molecule has 1 aliphatic rings. The molecule has 1 nitrogen and oxygen atoms in total. The van der Waals surface area contributed by atoms with Crippen molar-refractivity contribution in [2.75, 3.05) is 0 Å². The van der Waals surface area contributed by atoms with Gasteiger partial charge in [-0.3, -0.25) is 0 Å². The zero-order chi connectivity index (χ0) is 10.3. The highest BCUT2D eigenvalue weighted by Gasteiger charge is 2.46. The molecule has 0 saturated heterocycles. The molecule has 2 rings (SSSR count). The summed E-state index contributed by atoms with van der Waals surface area (Å²) in [6.45, 7) is 0. The van der Waals surface area contributed by atoms with E-state index < -0.39 is 17.3 Å². The van der Waals surface area contributed by atoms with Gasteiger partial charge in [0.25, 0.3) is 0 Å². The lowest BCUT2D eigenvalue weighted by molar-refractivity contribution is 0.0361. The average Bonchev–Trinajstić information content (AvgIpc) is 2.07. The summed E-state index contributed by atoms with van der Waals surface area (Å²) in [6.07, 6.45) is 0.126. The number of hydrogen-bond donors (Lipinski definition) is 1. The Hall–Kier alpha value is -1.03. The van der Waals surface area contributed by atoms with Crippen molar-refractivity contribution in [1.82, 2.24) is 0 Å². The number of benzene rings is 1. The Labute approximate surface area is 79.7 Å². The van der Waals surface area contributed by atoms with Gasteiger partial charge in [-0.25, -0.2) is 13.2 Å². The number of nitrogens with two attached hydrogens (primary N) is 1. The Balaban J connectivity index is 2.37. The highest BCUT2D eigenvalue weighted by atomic mass is 19.2. The van der Waals surface area contributed by atoms with Gasteiger partial charge in [-0.15, -0.1) is 0 Å². The van der Waals surface area contributed by atoms with Crippen LogP contribution >= 0.6 is 0 Å². The lowest BCUT2D eigenvalue weighted by Crippen LogP contribution is -2.46. The van der Waals surface area contributed by atoms with E-state index in [1.165, 1.54) is 12.1 Å². The van der Waals surface area contributed by atoms with Crippen molar-refractivity contribution in [3.8, 4) is 0 Å². The third-order valence-corrected chi connectivity index (χ3v) is 2.61. The van der Waals surface area contributed by atoms with Gasteiger partial charge in [0.2, 0.25) is 0 Å². The molecule has 1 aliphatic carbocycles. The van der Waals surface area contributed by atoms with Crippen LogP contribution in [0.4, 0.5) is 13.2 Å². The van der Waals surface area contributed by atoms with Crippen LogP contribution in [0.3, 0.4) is 0 Å². The molecule has 2 N–H and O–H groups in total. The van der Waals surface area contributed by atoms with Gasteiger partial charge in [0.05, 0.1) is 0 Å². The third kappa shape index (κ3) is 1.30. The maximum Gasteiger partial charge on any atom is 0.165 e. The Kier molecular flexibility index (Phi) is 2.03. The van der Waals surface area contributed by atoms with Gasteiger partial charge in [0.15, 0.2) is 11.6 Å². The molecule has 1 saturated carbocycles. The molecule has 0 amide bonds. The fourth-order valence-electron chi connectivity index (χ4n) is 1.84. The minimum absolute atomic E-state index is 0.0629. The Morgan fingerprint density at radius 3 is 2.50 bits per heavy atom. The SMILES string of the molecule is NC1CC(F)(c2cccc(F)c2F)C1. The second-order valence-electron chi connectivity index (χ2n) is 3.74. The van der Waals surface area contributed by atoms with E-state index in [4.69, 9.17) is 5.73 Å². The molecule has 1 aromatic rings. The quantitative estimate of drug-likeness (QED) is 0.740. The van der Waals surface area contributed by atoms with Crippen molar-refractivity contribution in [3.63, 3.8) is 0 Å². The second-order valence-corrected chi connectivity index (χ2v) is 3.74. The van der Waals surface area contributed by atoms with E-state index in [1.54, 1.807) is 0 Å². The first kappa shape index (κ1) is 9.52. The predicted octanol–water partition coefficient (Wildman–Crippen LogP) is 2.25. The lowest BCUT2D eigenvalue weighted by Gasteiger charge is -2.39. The number of halogens is 3. The summed E-state index contributed by atoms with van der Waals surface area (Å²) in [6, 6.07) is 3.30. The van der Waals surface area contributed by atoms with Crippen LogP contribution in [-0.4, -0.2) is 6.04 Å². The van der Waals surface area contributed by atoms with E-state index in [-0.39, 0.29) is 24.4 Å². The molecule has 1 fully saturated rings. The molecule has 0 bridgehead atoms. The van der Waals surface area contributed by atoms with Gasteiger partial charge in [-0.05, 0) is 6.07 Å². The summed E-state index contributed by atoms with van der Waals surface area (Å²) in [5.41, 5.74) is 3.44. The summed E-state index contributed by atoms with van der Waals surface area (Å²) >= 11 is 0. The van der Waals surface area contributed by atoms with Crippen molar-refractivity contribution in [3.05, 3.63) is 35.4 Å². The van der Waals surface area contributed by atoms with Crippen LogP contribution in [0.5, 0.6) is 0 Å². The average molecular weight is 201 g/mol. The molecule has 1 aromatic carbocycles. The summed E-state index contributed by atoms with van der Waals surface area (Å²) in [4.78, 5) is 0. The molecule has 0 radical (unpaired) electrons. The van der Waals surface area contributed by atoms with Crippen LogP contribution in [0.1, 0.15) is 18.4 Å². The second kappa shape index (κ2) is 2.98. The minimum atomic E-state index is -1.77. The first-order valence-corrected chi connectivity index (χ1v) is 4.42. The van der Waals surface area contributed by atoms with Crippen LogP contribution in [0.25, 0.3) is 0 Å². The summed E-state index contributed by atoms with van der Waals surface area (Å²) in [5.74, 6) is -2.11. The van der Waals surface area contributed by atoms with Gasteiger partial charge in [0.1, 0.15) is 5.67 Å². The van der Waals surface area contributed by atoms with Crippen LogP contribution in [0.15, 0.2) is 18.2 Å². The molecular formula is C10H10F3N. The lowest BCUT2D eigenvalue weighted by atomic mass is 9.73. The molecule has 0 unspecified atom stereocenters. The van der Waals surface area contributed by atoms with E-state index in [1.807, 2.05) is 0 Å². The number of rotatable bonds is 1. The normalized spacial score (nSPS) is 31.3. The van der Waals surface area contributed by atoms with E-state index in [9.17, 15) is 13.2 Å². The predicted molar refractivity (Wildman–Crippen MR) is 46.4 cm³/mol. The third-order valence-electron chi connectivity index (χ3n) is 2.61. The zero-order valence-electron chi connectivity index (χ0n) is 7.43. The van der Waals surface area contributed by atoms with Crippen LogP contribution in [0, 0.1) is 11.6 Å². The van der Waals surface area contributed by atoms with Gasteiger partial charge >= 0.3 is 0 Å². The van der Waals surface area contributed by atoms with Gasteiger partial charge in [0, 0.05) is 24.4 Å². The molecule has 0 atom stereocenters. The molecule has 0 aliphatic heterocycles. The van der Waals surface area contributed by atoms with Crippen molar-refractivity contribution >= 4 is 0 Å². The highest BCUT2D eigenvalue weighted by Crippen LogP contribution is 2.45. The van der Waals surface area contributed by atoms with Gasteiger partial charge < -0.3 is 5.73 Å². The first-order chi connectivity index (χ1) is 6.53. The monoisotopic (exact) mass is 201 g/mol. The highest BCUT2D eigenvalue weighted by molar-refractivity contribution is 5.28. The maximum absolute atomic E-state index is 13.8. The maximum atomic E-state index is 13.8. The smallest absolute Gasteiger partial charge is 0.165 e. The fourth-order valence-corrected chi connectivity index (χ4v) is 1.84. The number of alkyl halides is 1. The number of hydrogen-bond acceptors (Lipinski definition) is 1. The zero-order valence-corrected chi connectivity index (χ0v) is 7.43. The summed E-state index contributed by atoms with van der Waals surface area (Å²) < 4.78 is 39.8. The van der Waals surface area contributed by atoms with Crippen LogP contribution in [-0.2, 0) is 5.67 Å².